The van der Waals surface area contributed by atoms with E-state index >= 15 is 0 Å². The van der Waals surface area contributed by atoms with Crippen molar-refractivity contribution in [1.29, 1.82) is 0 Å². The summed E-state index contributed by atoms with van der Waals surface area (Å²) in [6.45, 7) is 2.81. The van der Waals surface area contributed by atoms with Gasteiger partial charge in [-0.2, -0.15) is 0 Å². The SMILES string of the molecule is CCCCOc1ccc2ccccc2c1C=NO. The molecule has 2 rings (SSSR count). The Morgan fingerprint density at radius 3 is 2.83 bits per heavy atom. The second kappa shape index (κ2) is 6.05. The number of rotatable bonds is 5. The van der Waals surface area contributed by atoms with Crippen LogP contribution < -0.4 is 4.74 Å². The van der Waals surface area contributed by atoms with Crippen molar-refractivity contribution in [3.8, 4) is 5.75 Å². The molecular weight excluding hydrogens is 226 g/mol. The molecule has 0 fully saturated rings. The quantitative estimate of drug-likeness (QED) is 0.375. The first-order chi connectivity index (χ1) is 8.86. The third-order valence-corrected chi connectivity index (χ3v) is 2.87. The molecule has 0 spiro atoms. The van der Waals surface area contributed by atoms with Crippen molar-refractivity contribution in [1.82, 2.24) is 0 Å². The fourth-order valence-corrected chi connectivity index (χ4v) is 1.92. The Bertz CT molecular complexity index is 549. The van der Waals surface area contributed by atoms with E-state index in [1.165, 1.54) is 6.21 Å². The van der Waals surface area contributed by atoms with Gasteiger partial charge in [-0.05, 0) is 23.3 Å². The molecule has 0 aromatic heterocycles. The van der Waals surface area contributed by atoms with Gasteiger partial charge in [0.25, 0.3) is 0 Å². The summed E-state index contributed by atoms with van der Waals surface area (Å²) >= 11 is 0. The first-order valence-electron chi connectivity index (χ1n) is 6.18. The van der Waals surface area contributed by atoms with E-state index in [2.05, 4.69) is 12.1 Å². The molecule has 0 radical (unpaired) electrons. The standard InChI is InChI=1S/C15H17NO2/c1-2-3-10-18-15-9-8-12-6-4-5-7-13(12)14(15)11-16-17/h4-9,11,17H,2-3,10H2,1H3. The normalized spacial score (nSPS) is 11.2. The Morgan fingerprint density at radius 1 is 1.22 bits per heavy atom. The lowest BCUT2D eigenvalue weighted by Crippen LogP contribution is -2.00. The van der Waals surface area contributed by atoms with Crippen molar-refractivity contribution in [3.05, 3.63) is 42.0 Å². The molecule has 0 aliphatic heterocycles. The zero-order chi connectivity index (χ0) is 12.8. The van der Waals surface area contributed by atoms with E-state index in [0.29, 0.717) is 6.61 Å². The highest BCUT2D eigenvalue weighted by atomic mass is 16.5. The molecule has 0 aliphatic carbocycles. The number of fused-ring (bicyclic) bond motifs is 1. The van der Waals surface area contributed by atoms with Crippen LogP contribution >= 0.6 is 0 Å². The van der Waals surface area contributed by atoms with Crippen molar-refractivity contribution in [2.75, 3.05) is 6.61 Å². The lowest BCUT2D eigenvalue weighted by molar-refractivity contribution is 0.307. The number of ether oxygens (including phenoxy) is 1. The first kappa shape index (κ1) is 12.4. The zero-order valence-electron chi connectivity index (χ0n) is 10.5. The minimum Gasteiger partial charge on any atom is -0.493 e. The molecule has 0 unspecified atom stereocenters. The average Bonchev–Trinajstić information content (AvgIpc) is 2.41. The number of unbranched alkanes of at least 4 members (excludes halogenated alkanes) is 1. The maximum atomic E-state index is 8.79. The molecule has 3 nitrogen and oxygen atoms in total. The van der Waals surface area contributed by atoms with Gasteiger partial charge in [-0.1, -0.05) is 48.8 Å². The Labute approximate surface area is 107 Å². The van der Waals surface area contributed by atoms with E-state index in [9.17, 15) is 0 Å². The summed E-state index contributed by atoms with van der Waals surface area (Å²) in [6, 6.07) is 11.9. The summed E-state index contributed by atoms with van der Waals surface area (Å²) in [7, 11) is 0. The lowest BCUT2D eigenvalue weighted by Gasteiger charge is -2.10. The minimum absolute atomic E-state index is 0.682. The van der Waals surface area contributed by atoms with E-state index in [4.69, 9.17) is 9.94 Å². The van der Waals surface area contributed by atoms with Crippen LogP contribution in [-0.4, -0.2) is 18.0 Å². The number of oxime groups is 1. The summed E-state index contributed by atoms with van der Waals surface area (Å²) in [4.78, 5) is 0. The predicted octanol–water partition coefficient (Wildman–Crippen LogP) is 3.83. The van der Waals surface area contributed by atoms with Crippen molar-refractivity contribution in [3.63, 3.8) is 0 Å². The number of benzene rings is 2. The van der Waals surface area contributed by atoms with E-state index in [0.717, 1.165) is 34.9 Å². The number of hydrogen-bond donors (Lipinski definition) is 1. The Morgan fingerprint density at radius 2 is 2.06 bits per heavy atom. The minimum atomic E-state index is 0.682. The van der Waals surface area contributed by atoms with Gasteiger partial charge in [0.2, 0.25) is 0 Å². The van der Waals surface area contributed by atoms with Crippen LogP contribution in [-0.2, 0) is 0 Å². The van der Waals surface area contributed by atoms with Gasteiger partial charge in [-0.25, -0.2) is 0 Å². The second-order valence-corrected chi connectivity index (χ2v) is 4.15. The molecule has 0 heterocycles. The Kier molecular flexibility index (Phi) is 4.18. The molecule has 3 heteroatoms. The van der Waals surface area contributed by atoms with Gasteiger partial charge < -0.3 is 9.94 Å². The molecule has 2 aromatic carbocycles. The summed E-state index contributed by atoms with van der Waals surface area (Å²) in [6.07, 6.45) is 3.54. The zero-order valence-corrected chi connectivity index (χ0v) is 10.5. The van der Waals surface area contributed by atoms with Crippen molar-refractivity contribution in [2.24, 2.45) is 5.16 Å². The molecule has 0 atom stereocenters. The van der Waals surface area contributed by atoms with Gasteiger partial charge in [-0.3, -0.25) is 0 Å². The van der Waals surface area contributed by atoms with Gasteiger partial charge in [0.1, 0.15) is 5.75 Å². The van der Waals surface area contributed by atoms with Crippen LogP contribution in [0.3, 0.4) is 0 Å². The molecule has 0 saturated heterocycles. The molecule has 0 bridgehead atoms. The molecule has 0 saturated carbocycles. The van der Waals surface area contributed by atoms with Gasteiger partial charge in [0, 0.05) is 5.56 Å². The van der Waals surface area contributed by atoms with Crippen LogP contribution in [0.25, 0.3) is 10.8 Å². The van der Waals surface area contributed by atoms with Gasteiger partial charge in [-0.15, -0.1) is 0 Å². The van der Waals surface area contributed by atoms with Crippen LogP contribution in [0.4, 0.5) is 0 Å². The van der Waals surface area contributed by atoms with Crippen LogP contribution in [0.5, 0.6) is 5.75 Å². The summed E-state index contributed by atoms with van der Waals surface area (Å²) in [5.41, 5.74) is 0.826. The van der Waals surface area contributed by atoms with Crippen molar-refractivity contribution < 1.29 is 9.94 Å². The molecule has 1 N–H and O–H groups in total. The van der Waals surface area contributed by atoms with Crippen molar-refractivity contribution >= 4 is 17.0 Å². The van der Waals surface area contributed by atoms with Crippen LogP contribution in [0.2, 0.25) is 0 Å². The van der Waals surface area contributed by atoms with E-state index in [1.807, 2.05) is 36.4 Å². The fourth-order valence-electron chi connectivity index (χ4n) is 1.92. The van der Waals surface area contributed by atoms with E-state index in [-0.39, 0.29) is 0 Å². The summed E-state index contributed by atoms with van der Waals surface area (Å²) < 4.78 is 5.74. The van der Waals surface area contributed by atoms with E-state index < -0.39 is 0 Å². The second-order valence-electron chi connectivity index (χ2n) is 4.15. The van der Waals surface area contributed by atoms with Gasteiger partial charge >= 0.3 is 0 Å². The van der Waals surface area contributed by atoms with Crippen LogP contribution in [0.1, 0.15) is 25.3 Å². The maximum absolute atomic E-state index is 8.79. The van der Waals surface area contributed by atoms with Gasteiger partial charge in [0.15, 0.2) is 0 Å². The third kappa shape index (κ3) is 2.62. The van der Waals surface area contributed by atoms with E-state index in [1.54, 1.807) is 0 Å². The maximum Gasteiger partial charge on any atom is 0.128 e. The van der Waals surface area contributed by atoms with Crippen LogP contribution in [0, 0.1) is 0 Å². The lowest BCUT2D eigenvalue weighted by atomic mass is 10.0. The molecule has 2 aromatic rings. The summed E-state index contributed by atoms with van der Waals surface area (Å²) in [5, 5.41) is 14.1. The van der Waals surface area contributed by atoms with Crippen LogP contribution in [0.15, 0.2) is 41.6 Å². The van der Waals surface area contributed by atoms with Gasteiger partial charge in [0.05, 0.1) is 12.8 Å². The third-order valence-electron chi connectivity index (χ3n) is 2.87. The molecule has 18 heavy (non-hydrogen) atoms. The highest BCUT2D eigenvalue weighted by molar-refractivity contribution is 6.02. The molecule has 0 amide bonds. The fraction of sp³-hybridized carbons (Fsp3) is 0.267. The monoisotopic (exact) mass is 243 g/mol. The smallest absolute Gasteiger partial charge is 0.128 e. The number of nitrogens with zero attached hydrogens (tertiary/aromatic N) is 1. The Balaban J connectivity index is 2.42. The Hall–Kier alpha value is -2.03. The number of hydrogen-bond acceptors (Lipinski definition) is 3. The molecule has 94 valence electrons. The average molecular weight is 243 g/mol. The largest absolute Gasteiger partial charge is 0.493 e. The first-order valence-corrected chi connectivity index (χ1v) is 6.18. The van der Waals surface area contributed by atoms with Crippen molar-refractivity contribution in [2.45, 2.75) is 19.8 Å². The molecule has 0 aliphatic rings. The topological polar surface area (TPSA) is 41.8 Å². The highest BCUT2D eigenvalue weighted by Crippen LogP contribution is 2.26. The highest BCUT2D eigenvalue weighted by Gasteiger charge is 2.06. The molecular formula is C15H17NO2. The summed E-state index contributed by atoms with van der Waals surface area (Å²) in [5.74, 6) is 0.764. The predicted molar refractivity (Wildman–Crippen MR) is 73.7 cm³/mol.